The van der Waals surface area contributed by atoms with E-state index in [0.717, 1.165) is 0 Å². The maximum Gasteiger partial charge on any atom is 0.296 e. The molecule has 2 amide bonds. The molecule has 0 saturated carbocycles. The van der Waals surface area contributed by atoms with Crippen molar-refractivity contribution in [1.82, 2.24) is 9.80 Å². The van der Waals surface area contributed by atoms with Crippen LogP contribution in [0.4, 0.5) is 5.69 Å². The molecule has 9 heteroatoms. The first-order valence-corrected chi connectivity index (χ1v) is 11.5. The maximum atomic E-state index is 13.9. The number of carbonyl (C=O) groups excluding carboxylic acids is 3. The number of benzene rings is 2. The first-order valence-electron chi connectivity index (χ1n) is 11.5. The van der Waals surface area contributed by atoms with Gasteiger partial charge in [-0.05, 0) is 51.3 Å². The Morgan fingerprint density at radius 2 is 1.77 bits per heavy atom. The number of rotatable bonds is 5. The van der Waals surface area contributed by atoms with Crippen LogP contribution in [0, 0.1) is 0 Å². The molecule has 1 fully saturated rings. The lowest BCUT2D eigenvalue weighted by Gasteiger charge is -2.34. The van der Waals surface area contributed by atoms with Gasteiger partial charge in [0.05, 0.1) is 5.57 Å². The van der Waals surface area contributed by atoms with Crippen molar-refractivity contribution in [1.29, 1.82) is 0 Å². The minimum Gasteiger partial charge on any atom is -0.507 e. The number of likely N-dealkylation sites (N-methyl/N-ethyl adjacent to an activating group) is 1. The molecule has 1 saturated heterocycles. The molecule has 5 rings (SSSR count). The van der Waals surface area contributed by atoms with Crippen molar-refractivity contribution in [2.45, 2.75) is 12.0 Å². The summed E-state index contributed by atoms with van der Waals surface area (Å²) in [5, 5.41) is 11.5. The number of ketones is 1. The first kappa shape index (κ1) is 22.9. The van der Waals surface area contributed by atoms with Crippen LogP contribution in [-0.4, -0.2) is 80.0 Å². The highest BCUT2D eigenvalue weighted by Gasteiger charge is 2.66. The van der Waals surface area contributed by atoms with Crippen molar-refractivity contribution in [3.63, 3.8) is 0 Å². The number of amides is 2. The molecule has 3 aliphatic rings. The number of likely N-dealkylation sites (tertiary alicyclic amines) is 1. The summed E-state index contributed by atoms with van der Waals surface area (Å²) in [6, 6.07) is 11.8. The predicted molar refractivity (Wildman–Crippen MR) is 128 cm³/mol. The predicted octanol–water partition coefficient (Wildman–Crippen LogP) is 1.96. The van der Waals surface area contributed by atoms with Crippen LogP contribution < -0.4 is 14.4 Å². The second-order valence-electron chi connectivity index (χ2n) is 9.12. The fourth-order valence-electron chi connectivity index (χ4n) is 5.15. The van der Waals surface area contributed by atoms with Gasteiger partial charge in [0.15, 0.2) is 17.0 Å². The van der Waals surface area contributed by atoms with Crippen LogP contribution in [0.3, 0.4) is 0 Å². The molecule has 1 unspecified atom stereocenters. The van der Waals surface area contributed by atoms with Crippen LogP contribution in [0.15, 0.2) is 48.0 Å². The highest BCUT2D eigenvalue weighted by Crippen LogP contribution is 2.53. The van der Waals surface area contributed by atoms with E-state index in [0.29, 0.717) is 48.9 Å². The van der Waals surface area contributed by atoms with E-state index < -0.39 is 28.9 Å². The Bertz CT molecular complexity index is 1270. The van der Waals surface area contributed by atoms with Gasteiger partial charge >= 0.3 is 0 Å². The first-order chi connectivity index (χ1) is 16.8. The second kappa shape index (κ2) is 8.42. The highest BCUT2D eigenvalue weighted by molar-refractivity contribution is 6.50. The summed E-state index contributed by atoms with van der Waals surface area (Å²) in [6.07, 6.45) is 0.547. The number of aliphatic hydroxyl groups excluding tert-OH is 1. The number of aliphatic hydroxyl groups is 1. The van der Waals surface area contributed by atoms with Gasteiger partial charge in [-0.3, -0.25) is 14.4 Å². The molecule has 1 N–H and O–H groups in total. The topological polar surface area (TPSA) is 99.6 Å². The van der Waals surface area contributed by atoms with E-state index in [4.69, 9.17) is 9.47 Å². The number of ether oxygens (including phenoxy) is 2. The Balaban J connectivity index is 1.73. The summed E-state index contributed by atoms with van der Waals surface area (Å²) >= 11 is 0. The summed E-state index contributed by atoms with van der Waals surface area (Å²) in [5.74, 6) is -1.63. The number of hydrogen-bond acceptors (Lipinski definition) is 7. The zero-order valence-corrected chi connectivity index (χ0v) is 19.9. The average Bonchev–Trinajstić information content (AvgIpc) is 3.22. The van der Waals surface area contributed by atoms with Crippen molar-refractivity contribution in [3.8, 4) is 11.5 Å². The van der Waals surface area contributed by atoms with Gasteiger partial charge in [-0.15, -0.1) is 0 Å². The van der Waals surface area contributed by atoms with Gasteiger partial charge in [0.25, 0.3) is 17.6 Å². The number of fused-ring (bicyclic) bond motifs is 3. The number of carbonyl (C=O) groups is 3. The normalized spacial score (nSPS) is 22.5. The minimum atomic E-state index is -1.75. The number of para-hydroxylation sites is 1. The molecule has 2 aromatic rings. The summed E-state index contributed by atoms with van der Waals surface area (Å²) in [4.78, 5) is 45.6. The lowest BCUT2D eigenvalue weighted by atomic mass is 9.82. The third kappa shape index (κ3) is 3.30. The van der Waals surface area contributed by atoms with Gasteiger partial charge in [-0.25, -0.2) is 0 Å². The summed E-state index contributed by atoms with van der Waals surface area (Å²) in [5.41, 5.74) is -0.630. The Labute approximate surface area is 203 Å². The van der Waals surface area contributed by atoms with E-state index in [2.05, 4.69) is 0 Å². The third-order valence-corrected chi connectivity index (χ3v) is 6.74. The highest BCUT2D eigenvalue weighted by atomic mass is 16.6. The summed E-state index contributed by atoms with van der Waals surface area (Å²) < 4.78 is 11.2. The Kier molecular flexibility index (Phi) is 5.52. The number of nitrogens with zero attached hydrogens (tertiary/aromatic N) is 3. The molecule has 1 atom stereocenters. The molecular formula is C26H27N3O6. The third-order valence-electron chi connectivity index (χ3n) is 6.74. The molecule has 3 aliphatic heterocycles. The van der Waals surface area contributed by atoms with E-state index in [9.17, 15) is 19.5 Å². The minimum absolute atomic E-state index is 0.175. The SMILES string of the molecule is CN(C)CCCN1C(=O)C(=O)C(=C(O)c2ccc3c(c2)OCCO3)C12C(=O)N(C)c1ccccc12. The number of anilines is 1. The van der Waals surface area contributed by atoms with Crippen molar-refractivity contribution in [2.75, 3.05) is 52.3 Å². The van der Waals surface area contributed by atoms with Crippen LogP contribution in [0.25, 0.3) is 5.76 Å². The second-order valence-corrected chi connectivity index (χ2v) is 9.12. The molecule has 9 nitrogen and oxygen atoms in total. The van der Waals surface area contributed by atoms with Crippen molar-refractivity contribution < 1.29 is 29.0 Å². The molecular weight excluding hydrogens is 450 g/mol. The molecule has 0 aliphatic carbocycles. The Hall–Kier alpha value is -3.85. The Morgan fingerprint density at radius 3 is 2.51 bits per heavy atom. The zero-order chi connectivity index (χ0) is 24.9. The molecule has 0 bridgehead atoms. The standard InChI is InChI=1S/C26H27N3O6/c1-27(2)11-6-12-29-24(32)23(31)21(22(30)16-9-10-19-20(15-16)35-14-13-34-19)26(29)17-7-4-5-8-18(17)28(3)25(26)33/h4-5,7-10,15,30H,6,11-14H2,1-3H3. The number of Topliss-reactive ketones (excluding diaryl/α,β-unsaturated/α-hetero) is 1. The van der Waals surface area contributed by atoms with Gasteiger partial charge < -0.3 is 29.3 Å². The van der Waals surface area contributed by atoms with Gasteiger partial charge in [0, 0.05) is 30.4 Å². The van der Waals surface area contributed by atoms with E-state index in [1.807, 2.05) is 19.0 Å². The quantitative estimate of drug-likeness (QED) is 0.399. The molecule has 2 aromatic carbocycles. The van der Waals surface area contributed by atoms with Crippen molar-refractivity contribution in [2.24, 2.45) is 0 Å². The summed E-state index contributed by atoms with van der Waals surface area (Å²) in [6.45, 7) is 1.60. The fourth-order valence-corrected chi connectivity index (χ4v) is 5.15. The molecule has 35 heavy (non-hydrogen) atoms. The van der Waals surface area contributed by atoms with Crippen LogP contribution in [0.5, 0.6) is 11.5 Å². The lowest BCUT2D eigenvalue weighted by molar-refractivity contribution is -0.143. The van der Waals surface area contributed by atoms with Crippen molar-refractivity contribution >= 4 is 29.0 Å². The average molecular weight is 478 g/mol. The number of hydrogen-bond donors (Lipinski definition) is 1. The molecule has 182 valence electrons. The van der Waals surface area contributed by atoms with E-state index in [1.54, 1.807) is 49.5 Å². The van der Waals surface area contributed by atoms with Gasteiger partial charge in [0.2, 0.25) is 0 Å². The van der Waals surface area contributed by atoms with E-state index in [-0.39, 0.29) is 17.7 Å². The van der Waals surface area contributed by atoms with Crippen molar-refractivity contribution in [3.05, 3.63) is 59.2 Å². The molecule has 1 spiro atoms. The van der Waals surface area contributed by atoms with Gasteiger partial charge in [0.1, 0.15) is 19.0 Å². The van der Waals surface area contributed by atoms with Crippen LogP contribution in [0.1, 0.15) is 17.5 Å². The van der Waals surface area contributed by atoms with Crippen LogP contribution in [-0.2, 0) is 19.9 Å². The smallest absolute Gasteiger partial charge is 0.296 e. The monoisotopic (exact) mass is 477 g/mol. The van der Waals surface area contributed by atoms with Gasteiger partial charge in [-0.2, -0.15) is 0 Å². The van der Waals surface area contributed by atoms with Crippen LogP contribution >= 0.6 is 0 Å². The van der Waals surface area contributed by atoms with Crippen LogP contribution in [0.2, 0.25) is 0 Å². The van der Waals surface area contributed by atoms with E-state index in [1.165, 1.54) is 9.80 Å². The molecule has 3 heterocycles. The lowest BCUT2D eigenvalue weighted by Crippen LogP contribution is -2.51. The molecule has 0 radical (unpaired) electrons. The Morgan fingerprint density at radius 1 is 1.06 bits per heavy atom. The fraction of sp³-hybridized carbons (Fsp3) is 0.346. The summed E-state index contributed by atoms with van der Waals surface area (Å²) in [7, 11) is 5.44. The largest absolute Gasteiger partial charge is 0.507 e. The maximum absolute atomic E-state index is 13.9. The molecule has 0 aromatic heterocycles. The van der Waals surface area contributed by atoms with E-state index >= 15 is 0 Å². The van der Waals surface area contributed by atoms with Gasteiger partial charge in [-0.1, -0.05) is 18.2 Å². The zero-order valence-electron chi connectivity index (χ0n) is 19.9.